The summed E-state index contributed by atoms with van der Waals surface area (Å²) in [6.45, 7) is 3.54. The molecule has 90 valence electrons. The normalized spacial score (nSPS) is 12.4. The molecule has 0 aliphatic rings. The van der Waals surface area contributed by atoms with Gasteiger partial charge in [0.1, 0.15) is 6.33 Å². The van der Waals surface area contributed by atoms with Crippen LogP contribution in [0.4, 0.5) is 0 Å². The molecule has 0 bridgehead atoms. The maximum Gasteiger partial charge on any atom is 0.216 e. The van der Waals surface area contributed by atoms with Crippen LogP contribution in [0.1, 0.15) is 19.0 Å². The van der Waals surface area contributed by atoms with Crippen LogP contribution in [-0.4, -0.2) is 35.1 Å². The number of methoxy groups -OCH3 is 1. The largest absolute Gasteiger partial charge is 0.481 e. The number of hydrogen-bond donors (Lipinski definition) is 0. The van der Waals surface area contributed by atoms with E-state index in [2.05, 4.69) is 25.9 Å². The molecule has 1 aromatic heterocycles. The summed E-state index contributed by atoms with van der Waals surface area (Å²) in [4.78, 5) is 8.53. The van der Waals surface area contributed by atoms with Crippen molar-refractivity contribution in [3.8, 4) is 5.88 Å². The molecule has 0 saturated carbocycles. The van der Waals surface area contributed by atoms with Gasteiger partial charge in [-0.3, -0.25) is 0 Å². The number of aromatic nitrogens is 2. The Morgan fingerprint density at radius 2 is 2.25 bits per heavy atom. The summed E-state index contributed by atoms with van der Waals surface area (Å²) in [5, 5.41) is 0. The Kier molecular flexibility index (Phi) is 6.33. The van der Waals surface area contributed by atoms with Crippen LogP contribution in [0.2, 0.25) is 0 Å². The standard InChI is InChI=1S/C11H17BrN2O2/c1-3-16-5-4-9(12)6-10-7-11(15-2)14-8-13-10/h7-9H,3-6H2,1-2H3. The summed E-state index contributed by atoms with van der Waals surface area (Å²) < 4.78 is 10.3. The number of alkyl halides is 1. The highest BCUT2D eigenvalue weighted by Gasteiger charge is 2.07. The van der Waals surface area contributed by atoms with Gasteiger partial charge in [0.2, 0.25) is 5.88 Å². The van der Waals surface area contributed by atoms with E-state index >= 15 is 0 Å². The van der Waals surface area contributed by atoms with E-state index in [0.29, 0.717) is 10.7 Å². The lowest BCUT2D eigenvalue weighted by Crippen LogP contribution is -2.08. The smallest absolute Gasteiger partial charge is 0.216 e. The lowest BCUT2D eigenvalue weighted by atomic mass is 10.2. The Hall–Kier alpha value is -0.680. The molecular formula is C11H17BrN2O2. The maximum absolute atomic E-state index is 5.30. The highest BCUT2D eigenvalue weighted by Crippen LogP contribution is 2.14. The van der Waals surface area contributed by atoms with Crippen LogP contribution in [0.5, 0.6) is 5.88 Å². The summed E-state index contributed by atoms with van der Waals surface area (Å²) in [7, 11) is 1.60. The highest BCUT2D eigenvalue weighted by molar-refractivity contribution is 9.09. The van der Waals surface area contributed by atoms with Gasteiger partial charge in [0.25, 0.3) is 0 Å². The first-order valence-electron chi connectivity index (χ1n) is 5.33. The second kappa shape index (κ2) is 7.57. The topological polar surface area (TPSA) is 44.2 Å². The van der Waals surface area contributed by atoms with E-state index in [0.717, 1.165) is 31.7 Å². The van der Waals surface area contributed by atoms with Crippen molar-refractivity contribution in [1.29, 1.82) is 0 Å². The van der Waals surface area contributed by atoms with Crippen molar-refractivity contribution in [2.75, 3.05) is 20.3 Å². The SMILES string of the molecule is CCOCCC(Br)Cc1cc(OC)ncn1. The summed E-state index contributed by atoms with van der Waals surface area (Å²) in [6.07, 6.45) is 3.35. The quantitative estimate of drug-likeness (QED) is 0.570. The fourth-order valence-electron chi connectivity index (χ4n) is 1.28. The molecule has 0 aliphatic carbocycles. The van der Waals surface area contributed by atoms with Crippen LogP contribution >= 0.6 is 15.9 Å². The van der Waals surface area contributed by atoms with Gasteiger partial charge >= 0.3 is 0 Å². The van der Waals surface area contributed by atoms with Crippen molar-refractivity contribution < 1.29 is 9.47 Å². The Morgan fingerprint density at radius 1 is 1.44 bits per heavy atom. The highest BCUT2D eigenvalue weighted by atomic mass is 79.9. The second-order valence-electron chi connectivity index (χ2n) is 3.34. The van der Waals surface area contributed by atoms with Crippen LogP contribution in [0, 0.1) is 0 Å². The van der Waals surface area contributed by atoms with Gasteiger partial charge in [0.15, 0.2) is 0 Å². The van der Waals surface area contributed by atoms with Crippen LogP contribution in [0.15, 0.2) is 12.4 Å². The first-order chi connectivity index (χ1) is 7.76. The molecule has 0 saturated heterocycles. The fourth-order valence-corrected chi connectivity index (χ4v) is 1.80. The van der Waals surface area contributed by atoms with E-state index < -0.39 is 0 Å². The molecule has 0 aliphatic heterocycles. The third-order valence-corrected chi connectivity index (χ3v) is 2.90. The molecule has 1 aromatic rings. The predicted molar refractivity (Wildman–Crippen MR) is 66.1 cm³/mol. The lowest BCUT2D eigenvalue weighted by Gasteiger charge is -2.09. The summed E-state index contributed by atoms with van der Waals surface area (Å²) in [5.74, 6) is 0.606. The first-order valence-corrected chi connectivity index (χ1v) is 6.24. The minimum Gasteiger partial charge on any atom is -0.481 e. The molecule has 1 rings (SSSR count). The summed E-state index contributed by atoms with van der Waals surface area (Å²) >= 11 is 3.61. The molecule has 1 atom stereocenters. The van der Waals surface area contributed by atoms with E-state index in [-0.39, 0.29) is 0 Å². The fraction of sp³-hybridized carbons (Fsp3) is 0.636. The van der Waals surface area contributed by atoms with E-state index in [1.807, 2.05) is 13.0 Å². The average Bonchev–Trinajstić information content (AvgIpc) is 2.29. The Balaban J connectivity index is 2.39. The van der Waals surface area contributed by atoms with Crippen molar-refractivity contribution in [3.63, 3.8) is 0 Å². The van der Waals surface area contributed by atoms with Crippen molar-refractivity contribution in [1.82, 2.24) is 9.97 Å². The first kappa shape index (κ1) is 13.4. The minimum absolute atomic E-state index is 0.374. The molecule has 0 amide bonds. The molecule has 0 fully saturated rings. The van der Waals surface area contributed by atoms with Crippen LogP contribution in [0.3, 0.4) is 0 Å². The molecule has 0 N–H and O–H groups in total. The van der Waals surface area contributed by atoms with Crippen molar-refractivity contribution in [2.45, 2.75) is 24.6 Å². The molecular weight excluding hydrogens is 272 g/mol. The molecule has 0 aromatic carbocycles. The zero-order valence-corrected chi connectivity index (χ0v) is 11.2. The second-order valence-corrected chi connectivity index (χ2v) is 4.63. The van der Waals surface area contributed by atoms with E-state index in [1.165, 1.54) is 6.33 Å². The maximum atomic E-state index is 5.30. The third-order valence-electron chi connectivity index (χ3n) is 2.12. The van der Waals surface area contributed by atoms with E-state index in [4.69, 9.17) is 9.47 Å². The van der Waals surface area contributed by atoms with Crippen LogP contribution in [0.25, 0.3) is 0 Å². The number of rotatable bonds is 7. The van der Waals surface area contributed by atoms with Gasteiger partial charge in [-0.2, -0.15) is 0 Å². The molecule has 4 nitrogen and oxygen atoms in total. The van der Waals surface area contributed by atoms with Gasteiger partial charge in [0, 0.05) is 36.2 Å². The van der Waals surface area contributed by atoms with Crippen LogP contribution in [-0.2, 0) is 11.2 Å². The predicted octanol–water partition coefficient (Wildman–Crippen LogP) is 2.22. The molecule has 0 radical (unpaired) electrons. The molecule has 1 unspecified atom stereocenters. The number of hydrogen-bond acceptors (Lipinski definition) is 4. The van der Waals surface area contributed by atoms with Crippen molar-refractivity contribution in [3.05, 3.63) is 18.1 Å². The summed E-state index contributed by atoms with van der Waals surface area (Å²) in [5.41, 5.74) is 0.977. The molecule has 16 heavy (non-hydrogen) atoms. The number of nitrogens with zero attached hydrogens (tertiary/aromatic N) is 2. The zero-order valence-electron chi connectivity index (χ0n) is 9.65. The molecule has 5 heteroatoms. The Labute approximate surface area is 105 Å². The molecule has 1 heterocycles. The third kappa shape index (κ3) is 4.90. The van der Waals surface area contributed by atoms with E-state index in [1.54, 1.807) is 7.11 Å². The Bertz CT molecular complexity index is 310. The lowest BCUT2D eigenvalue weighted by molar-refractivity contribution is 0.145. The van der Waals surface area contributed by atoms with Gasteiger partial charge < -0.3 is 9.47 Å². The van der Waals surface area contributed by atoms with Gasteiger partial charge in [-0.1, -0.05) is 15.9 Å². The molecule has 0 spiro atoms. The van der Waals surface area contributed by atoms with Gasteiger partial charge in [-0.05, 0) is 13.3 Å². The van der Waals surface area contributed by atoms with Gasteiger partial charge in [-0.25, -0.2) is 9.97 Å². The monoisotopic (exact) mass is 288 g/mol. The minimum atomic E-state index is 0.374. The van der Waals surface area contributed by atoms with Crippen LogP contribution < -0.4 is 4.74 Å². The van der Waals surface area contributed by atoms with E-state index in [9.17, 15) is 0 Å². The number of halogens is 1. The number of ether oxygens (including phenoxy) is 2. The van der Waals surface area contributed by atoms with Gasteiger partial charge in [-0.15, -0.1) is 0 Å². The average molecular weight is 289 g/mol. The van der Waals surface area contributed by atoms with Crippen molar-refractivity contribution >= 4 is 15.9 Å². The Morgan fingerprint density at radius 3 is 2.94 bits per heavy atom. The summed E-state index contributed by atoms with van der Waals surface area (Å²) in [6, 6.07) is 1.86. The van der Waals surface area contributed by atoms with Gasteiger partial charge in [0.05, 0.1) is 7.11 Å². The van der Waals surface area contributed by atoms with Crippen molar-refractivity contribution in [2.24, 2.45) is 0 Å². The zero-order chi connectivity index (χ0) is 11.8.